The summed E-state index contributed by atoms with van der Waals surface area (Å²) in [5.41, 5.74) is 2.44. The van der Waals surface area contributed by atoms with Gasteiger partial charge in [-0.1, -0.05) is 31.5 Å². The first-order valence-electron chi connectivity index (χ1n) is 5.61. The van der Waals surface area contributed by atoms with Crippen LogP contribution in [0.25, 0.3) is 0 Å². The highest BCUT2D eigenvalue weighted by atomic mass is 35.5. The van der Waals surface area contributed by atoms with Crippen LogP contribution >= 0.6 is 11.6 Å². The highest BCUT2D eigenvalue weighted by Gasteiger charge is 2.12. The number of likely N-dealkylation sites (N-methyl/N-ethyl adjacent to an activating group) is 1. The van der Waals surface area contributed by atoms with E-state index in [0.717, 1.165) is 18.7 Å². The molecular formula is C13H20ClNO. The average molecular weight is 242 g/mol. The van der Waals surface area contributed by atoms with E-state index in [2.05, 4.69) is 25.2 Å². The SMILES string of the molecule is CNCCc1cc(Cl)c(OC)c(C(C)C)c1. The standard InChI is InChI=1S/C13H20ClNO/c1-9(2)11-7-10(5-6-15-3)8-12(14)13(11)16-4/h7-9,15H,5-6H2,1-4H3. The Kier molecular flexibility index (Phi) is 5.10. The fourth-order valence-electron chi connectivity index (χ4n) is 1.73. The zero-order valence-electron chi connectivity index (χ0n) is 10.4. The third-order valence-electron chi connectivity index (χ3n) is 2.62. The summed E-state index contributed by atoms with van der Waals surface area (Å²) >= 11 is 6.21. The molecule has 1 aromatic rings. The van der Waals surface area contributed by atoms with Gasteiger partial charge in [0.1, 0.15) is 5.75 Å². The first-order chi connectivity index (χ1) is 7.60. The molecule has 0 aromatic heterocycles. The van der Waals surface area contributed by atoms with Crippen molar-refractivity contribution in [1.82, 2.24) is 5.32 Å². The topological polar surface area (TPSA) is 21.3 Å². The van der Waals surface area contributed by atoms with Crippen LogP contribution in [0.4, 0.5) is 0 Å². The van der Waals surface area contributed by atoms with Crippen molar-refractivity contribution in [3.05, 3.63) is 28.3 Å². The molecule has 0 unspecified atom stereocenters. The van der Waals surface area contributed by atoms with E-state index in [4.69, 9.17) is 16.3 Å². The molecule has 0 heterocycles. The van der Waals surface area contributed by atoms with Crippen molar-refractivity contribution in [2.45, 2.75) is 26.2 Å². The van der Waals surface area contributed by atoms with Crippen LogP contribution in [0.15, 0.2) is 12.1 Å². The molecule has 90 valence electrons. The molecule has 0 amide bonds. The van der Waals surface area contributed by atoms with E-state index in [-0.39, 0.29) is 0 Å². The second kappa shape index (κ2) is 6.12. The lowest BCUT2D eigenvalue weighted by atomic mass is 9.98. The summed E-state index contributed by atoms with van der Waals surface area (Å²) in [5.74, 6) is 1.23. The summed E-state index contributed by atoms with van der Waals surface area (Å²) < 4.78 is 5.35. The first kappa shape index (κ1) is 13.3. The van der Waals surface area contributed by atoms with Crippen molar-refractivity contribution in [3.63, 3.8) is 0 Å². The van der Waals surface area contributed by atoms with Gasteiger partial charge in [-0.3, -0.25) is 0 Å². The maximum Gasteiger partial charge on any atom is 0.140 e. The predicted octanol–water partition coefficient (Wildman–Crippen LogP) is 3.23. The van der Waals surface area contributed by atoms with E-state index >= 15 is 0 Å². The molecule has 0 spiro atoms. The lowest BCUT2D eigenvalue weighted by Crippen LogP contribution is -2.10. The quantitative estimate of drug-likeness (QED) is 0.855. The average Bonchev–Trinajstić information content (AvgIpc) is 2.25. The number of halogens is 1. The molecule has 0 bridgehead atoms. The fourth-order valence-corrected chi connectivity index (χ4v) is 2.06. The van der Waals surface area contributed by atoms with Crippen LogP contribution in [-0.4, -0.2) is 20.7 Å². The minimum absolute atomic E-state index is 0.419. The van der Waals surface area contributed by atoms with Crippen molar-refractivity contribution in [2.24, 2.45) is 0 Å². The molecule has 0 radical (unpaired) electrons. The Bertz CT molecular complexity index is 350. The van der Waals surface area contributed by atoms with E-state index in [1.807, 2.05) is 13.1 Å². The first-order valence-corrected chi connectivity index (χ1v) is 5.98. The Morgan fingerprint density at radius 3 is 2.56 bits per heavy atom. The van der Waals surface area contributed by atoms with Gasteiger partial charge in [0.05, 0.1) is 12.1 Å². The van der Waals surface area contributed by atoms with E-state index in [1.54, 1.807) is 7.11 Å². The van der Waals surface area contributed by atoms with Gasteiger partial charge in [-0.15, -0.1) is 0 Å². The maximum absolute atomic E-state index is 6.21. The summed E-state index contributed by atoms with van der Waals surface area (Å²) in [5, 5.41) is 3.85. The predicted molar refractivity (Wildman–Crippen MR) is 69.7 cm³/mol. The Balaban J connectivity index is 3.07. The third-order valence-corrected chi connectivity index (χ3v) is 2.90. The Hall–Kier alpha value is -0.730. The van der Waals surface area contributed by atoms with Crippen molar-refractivity contribution < 1.29 is 4.74 Å². The molecule has 16 heavy (non-hydrogen) atoms. The normalized spacial score (nSPS) is 10.9. The smallest absolute Gasteiger partial charge is 0.140 e. The number of rotatable bonds is 5. The lowest BCUT2D eigenvalue weighted by molar-refractivity contribution is 0.407. The molecule has 1 rings (SSSR count). The molecule has 0 aliphatic rings. The van der Waals surface area contributed by atoms with Gasteiger partial charge in [-0.25, -0.2) is 0 Å². The van der Waals surface area contributed by atoms with Gasteiger partial charge in [-0.05, 0) is 43.1 Å². The Morgan fingerprint density at radius 2 is 2.06 bits per heavy atom. The molecule has 0 aliphatic heterocycles. The molecular weight excluding hydrogens is 222 g/mol. The molecule has 0 atom stereocenters. The Labute approximate surface area is 103 Å². The van der Waals surface area contributed by atoms with Gasteiger partial charge >= 0.3 is 0 Å². The number of hydrogen-bond acceptors (Lipinski definition) is 2. The van der Waals surface area contributed by atoms with Crippen molar-refractivity contribution in [1.29, 1.82) is 0 Å². The van der Waals surface area contributed by atoms with E-state index in [0.29, 0.717) is 10.9 Å². The second-order valence-electron chi connectivity index (χ2n) is 4.21. The Morgan fingerprint density at radius 1 is 1.38 bits per heavy atom. The summed E-state index contributed by atoms with van der Waals surface area (Å²) in [4.78, 5) is 0. The van der Waals surface area contributed by atoms with Gasteiger partial charge < -0.3 is 10.1 Å². The van der Waals surface area contributed by atoms with Crippen LogP contribution in [0.1, 0.15) is 30.9 Å². The van der Waals surface area contributed by atoms with Crippen LogP contribution in [-0.2, 0) is 6.42 Å². The number of methoxy groups -OCH3 is 1. The van der Waals surface area contributed by atoms with E-state index < -0.39 is 0 Å². The second-order valence-corrected chi connectivity index (χ2v) is 4.62. The van der Waals surface area contributed by atoms with E-state index in [9.17, 15) is 0 Å². The zero-order valence-corrected chi connectivity index (χ0v) is 11.2. The van der Waals surface area contributed by atoms with Crippen molar-refractivity contribution >= 4 is 11.6 Å². The zero-order chi connectivity index (χ0) is 12.1. The summed E-state index contributed by atoms with van der Waals surface area (Å²) in [6.45, 7) is 5.26. The monoisotopic (exact) mass is 241 g/mol. The highest BCUT2D eigenvalue weighted by molar-refractivity contribution is 6.32. The summed E-state index contributed by atoms with van der Waals surface area (Å²) in [6.07, 6.45) is 0.986. The molecule has 0 saturated heterocycles. The molecule has 1 N–H and O–H groups in total. The minimum atomic E-state index is 0.419. The van der Waals surface area contributed by atoms with Crippen LogP contribution in [0.5, 0.6) is 5.75 Å². The van der Waals surface area contributed by atoms with Gasteiger partial charge in [0, 0.05) is 0 Å². The van der Waals surface area contributed by atoms with E-state index in [1.165, 1.54) is 11.1 Å². The summed E-state index contributed by atoms with van der Waals surface area (Å²) in [7, 11) is 3.62. The van der Waals surface area contributed by atoms with Crippen LogP contribution < -0.4 is 10.1 Å². The largest absolute Gasteiger partial charge is 0.495 e. The van der Waals surface area contributed by atoms with Gasteiger partial charge in [0.25, 0.3) is 0 Å². The van der Waals surface area contributed by atoms with Crippen LogP contribution in [0.3, 0.4) is 0 Å². The molecule has 1 aromatic carbocycles. The third kappa shape index (κ3) is 3.13. The summed E-state index contributed by atoms with van der Waals surface area (Å²) in [6, 6.07) is 4.18. The minimum Gasteiger partial charge on any atom is -0.495 e. The molecule has 2 nitrogen and oxygen atoms in total. The van der Waals surface area contributed by atoms with Crippen LogP contribution in [0, 0.1) is 0 Å². The van der Waals surface area contributed by atoms with Gasteiger partial charge in [0.2, 0.25) is 0 Å². The highest BCUT2D eigenvalue weighted by Crippen LogP contribution is 2.34. The van der Waals surface area contributed by atoms with Gasteiger partial charge in [0.15, 0.2) is 0 Å². The van der Waals surface area contributed by atoms with Crippen LogP contribution in [0.2, 0.25) is 5.02 Å². The number of ether oxygens (including phenoxy) is 1. The molecule has 0 saturated carbocycles. The maximum atomic E-state index is 6.21. The number of benzene rings is 1. The number of nitrogens with one attached hydrogen (secondary N) is 1. The molecule has 3 heteroatoms. The molecule has 0 aliphatic carbocycles. The fraction of sp³-hybridized carbons (Fsp3) is 0.538. The molecule has 0 fully saturated rings. The van der Waals surface area contributed by atoms with Gasteiger partial charge in [-0.2, -0.15) is 0 Å². The lowest BCUT2D eigenvalue weighted by Gasteiger charge is -2.15. The van der Waals surface area contributed by atoms with Crippen molar-refractivity contribution in [3.8, 4) is 5.75 Å². The van der Waals surface area contributed by atoms with Crippen molar-refractivity contribution in [2.75, 3.05) is 20.7 Å². The number of hydrogen-bond donors (Lipinski definition) is 1.